The van der Waals surface area contributed by atoms with Crippen LogP contribution in [0.25, 0.3) is 0 Å². The first-order valence-electron chi connectivity index (χ1n) is 3.38. The van der Waals surface area contributed by atoms with Crippen molar-refractivity contribution in [2.24, 2.45) is 0 Å². The van der Waals surface area contributed by atoms with Crippen LogP contribution in [0.2, 0.25) is 0 Å². The summed E-state index contributed by atoms with van der Waals surface area (Å²) in [5.41, 5.74) is 0.606. The van der Waals surface area contributed by atoms with Gasteiger partial charge in [0.05, 0.1) is 17.3 Å². The molecule has 0 aromatic carbocycles. The number of aromatic nitrogens is 1. The van der Waals surface area contributed by atoms with E-state index in [0.29, 0.717) is 5.69 Å². The van der Waals surface area contributed by atoms with Gasteiger partial charge in [0, 0.05) is 4.88 Å². The Kier molecular flexibility index (Phi) is 2.59. The fraction of sp³-hybridized carbons (Fsp3) is 0.571. The van der Waals surface area contributed by atoms with E-state index in [0.717, 1.165) is 9.88 Å². The zero-order valence-corrected chi connectivity index (χ0v) is 7.35. The average molecular weight is 173 g/mol. The molecule has 11 heavy (non-hydrogen) atoms. The summed E-state index contributed by atoms with van der Waals surface area (Å²) in [5.74, 6) is 0. The second kappa shape index (κ2) is 3.30. The summed E-state index contributed by atoms with van der Waals surface area (Å²) in [4.78, 5) is 5.07. The molecule has 3 nitrogen and oxygen atoms in total. The summed E-state index contributed by atoms with van der Waals surface area (Å²) in [6.45, 7) is 3.51. The number of rotatable bonds is 2. The van der Waals surface area contributed by atoms with E-state index in [4.69, 9.17) is 5.11 Å². The summed E-state index contributed by atoms with van der Waals surface area (Å²) in [6, 6.07) is 0. The van der Waals surface area contributed by atoms with Crippen molar-refractivity contribution in [1.82, 2.24) is 4.98 Å². The Balaban J connectivity index is 2.93. The van der Waals surface area contributed by atoms with E-state index in [1.807, 2.05) is 13.8 Å². The van der Waals surface area contributed by atoms with E-state index in [9.17, 15) is 5.11 Å². The molecule has 0 spiro atoms. The molecule has 1 rings (SSSR count). The Labute approximate surface area is 69.3 Å². The molecule has 1 unspecified atom stereocenters. The lowest BCUT2D eigenvalue weighted by molar-refractivity contribution is 0.0922. The zero-order valence-electron chi connectivity index (χ0n) is 6.53. The minimum absolute atomic E-state index is 0.260. The molecule has 62 valence electrons. The highest BCUT2D eigenvalue weighted by Crippen LogP contribution is 2.21. The van der Waals surface area contributed by atoms with Gasteiger partial charge in [-0.2, -0.15) is 0 Å². The third-order valence-electron chi connectivity index (χ3n) is 1.43. The highest BCUT2D eigenvalue weighted by molar-refractivity contribution is 7.11. The molecule has 2 N–H and O–H groups in total. The van der Waals surface area contributed by atoms with Gasteiger partial charge in [-0.3, -0.25) is 0 Å². The Bertz CT molecular complexity index is 247. The maximum absolute atomic E-state index is 9.22. The molecule has 0 aliphatic carbocycles. The van der Waals surface area contributed by atoms with Gasteiger partial charge in [-0.25, -0.2) is 4.98 Å². The van der Waals surface area contributed by atoms with Crippen molar-refractivity contribution in [2.75, 3.05) is 6.61 Å². The molecule has 0 saturated carbocycles. The van der Waals surface area contributed by atoms with E-state index < -0.39 is 6.10 Å². The molecule has 1 atom stereocenters. The van der Waals surface area contributed by atoms with Gasteiger partial charge in [-0.1, -0.05) is 0 Å². The SMILES string of the molecule is Cc1nc(C(O)CO)c(C)s1. The molecule has 4 heteroatoms. The minimum atomic E-state index is -0.819. The smallest absolute Gasteiger partial charge is 0.120 e. The van der Waals surface area contributed by atoms with Crippen LogP contribution in [0.1, 0.15) is 21.7 Å². The Morgan fingerprint density at radius 1 is 1.55 bits per heavy atom. The fourth-order valence-electron chi connectivity index (χ4n) is 0.941. The summed E-state index contributed by atoms with van der Waals surface area (Å²) >= 11 is 1.53. The second-order valence-corrected chi connectivity index (χ2v) is 3.78. The van der Waals surface area contributed by atoms with E-state index >= 15 is 0 Å². The average Bonchev–Trinajstić information content (AvgIpc) is 2.28. The van der Waals surface area contributed by atoms with E-state index in [-0.39, 0.29) is 6.61 Å². The summed E-state index contributed by atoms with van der Waals surface area (Å²) in [6.07, 6.45) is -0.819. The van der Waals surface area contributed by atoms with Gasteiger partial charge in [-0.15, -0.1) is 11.3 Å². The molecule has 1 heterocycles. The topological polar surface area (TPSA) is 53.4 Å². The number of thiazole rings is 1. The molecule has 0 fully saturated rings. The summed E-state index contributed by atoms with van der Waals surface area (Å²) in [5, 5.41) is 18.8. The van der Waals surface area contributed by atoms with Crippen LogP contribution >= 0.6 is 11.3 Å². The van der Waals surface area contributed by atoms with Crippen LogP contribution in [0, 0.1) is 13.8 Å². The molecular weight excluding hydrogens is 162 g/mol. The quantitative estimate of drug-likeness (QED) is 0.695. The Hall–Kier alpha value is -0.450. The molecule has 0 radical (unpaired) electrons. The second-order valence-electron chi connectivity index (χ2n) is 2.37. The van der Waals surface area contributed by atoms with Gasteiger partial charge in [0.25, 0.3) is 0 Å². The normalized spacial score (nSPS) is 13.5. The fourth-order valence-corrected chi connectivity index (χ4v) is 1.81. The molecular formula is C7H11NO2S. The number of aliphatic hydroxyl groups is 2. The van der Waals surface area contributed by atoms with E-state index in [1.54, 1.807) is 0 Å². The van der Waals surface area contributed by atoms with E-state index in [2.05, 4.69) is 4.98 Å². The number of hydrogen-bond acceptors (Lipinski definition) is 4. The van der Waals surface area contributed by atoms with Crippen LogP contribution < -0.4 is 0 Å². The standard InChI is InChI=1S/C7H11NO2S/c1-4-7(6(10)3-9)8-5(2)11-4/h6,9-10H,3H2,1-2H3. The molecule has 1 aromatic heterocycles. The van der Waals surface area contributed by atoms with Crippen LogP contribution in [0.4, 0.5) is 0 Å². The minimum Gasteiger partial charge on any atom is -0.393 e. The number of nitrogens with zero attached hydrogens (tertiary/aromatic N) is 1. The van der Waals surface area contributed by atoms with Crippen LogP contribution in [0.5, 0.6) is 0 Å². The molecule has 0 saturated heterocycles. The lowest BCUT2D eigenvalue weighted by Gasteiger charge is -2.02. The maximum Gasteiger partial charge on any atom is 0.120 e. The maximum atomic E-state index is 9.22. The Morgan fingerprint density at radius 3 is 2.55 bits per heavy atom. The Morgan fingerprint density at radius 2 is 2.18 bits per heavy atom. The van der Waals surface area contributed by atoms with Crippen LogP contribution in [-0.2, 0) is 0 Å². The summed E-state index contributed by atoms with van der Waals surface area (Å²) in [7, 11) is 0. The van der Waals surface area contributed by atoms with Gasteiger partial charge in [0.1, 0.15) is 6.10 Å². The van der Waals surface area contributed by atoms with Gasteiger partial charge >= 0.3 is 0 Å². The lowest BCUT2D eigenvalue weighted by atomic mass is 10.2. The molecule has 0 amide bonds. The van der Waals surface area contributed by atoms with Gasteiger partial charge < -0.3 is 10.2 Å². The van der Waals surface area contributed by atoms with E-state index in [1.165, 1.54) is 11.3 Å². The van der Waals surface area contributed by atoms with Crippen molar-refractivity contribution in [3.05, 3.63) is 15.6 Å². The highest BCUT2D eigenvalue weighted by Gasteiger charge is 2.12. The van der Waals surface area contributed by atoms with Crippen molar-refractivity contribution < 1.29 is 10.2 Å². The zero-order chi connectivity index (χ0) is 8.43. The van der Waals surface area contributed by atoms with Crippen molar-refractivity contribution >= 4 is 11.3 Å². The van der Waals surface area contributed by atoms with Gasteiger partial charge in [0.2, 0.25) is 0 Å². The molecule has 0 aliphatic rings. The first kappa shape index (κ1) is 8.64. The lowest BCUT2D eigenvalue weighted by Crippen LogP contribution is -2.04. The third kappa shape index (κ3) is 1.77. The monoisotopic (exact) mass is 173 g/mol. The first-order chi connectivity index (χ1) is 5.15. The van der Waals surface area contributed by atoms with Crippen LogP contribution in [0.3, 0.4) is 0 Å². The number of hydrogen-bond donors (Lipinski definition) is 2. The van der Waals surface area contributed by atoms with Crippen LogP contribution in [0.15, 0.2) is 0 Å². The summed E-state index contributed by atoms with van der Waals surface area (Å²) < 4.78 is 0. The number of aliphatic hydroxyl groups excluding tert-OH is 2. The first-order valence-corrected chi connectivity index (χ1v) is 4.19. The van der Waals surface area contributed by atoms with Crippen molar-refractivity contribution in [2.45, 2.75) is 20.0 Å². The molecule has 0 aliphatic heterocycles. The van der Waals surface area contributed by atoms with Gasteiger partial charge in [0.15, 0.2) is 0 Å². The number of aryl methyl sites for hydroxylation is 2. The molecule has 1 aromatic rings. The predicted molar refractivity (Wildman–Crippen MR) is 43.6 cm³/mol. The largest absolute Gasteiger partial charge is 0.393 e. The van der Waals surface area contributed by atoms with Gasteiger partial charge in [-0.05, 0) is 13.8 Å². The predicted octanol–water partition coefficient (Wildman–Crippen LogP) is 0.786. The van der Waals surface area contributed by atoms with Crippen molar-refractivity contribution in [3.8, 4) is 0 Å². The highest BCUT2D eigenvalue weighted by atomic mass is 32.1. The third-order valence-corrected chi connectivity index (χ3v) is 2.33. The molecule has 0 bridgehead atoms. The van der Waals surface area contributed by atoms with Crippen molar-refractivity contribution in [3.63, 3.8) is 0 Å². The van der Waals surface area contributed by atoms with Crippen LogP contribution in [-0.4, -0.2) is 21.8 Å². The van der Waals surface area contributed by atoms with Crippen molar-refractivity contribution in [1.29, 1.82) is 0 Å².